The number of nitro groups is 1. The van der Waals surface area contributed by atoms with Gasteiger partial charge in [-0.2, -0.15) is 0 Å². The van der Waals surface area contributed by atoms with E-state index in [1.54, 1.807) is 50.6 Å². The number of nitro benzene ring substituents is 1. The highest BCUT2D eigenvalue weighted by molar-refractivity contribution is 5.52. The highest BCUT2D eigenvalue weighted by Crippen LogP contribution is 2.27. The van der Waals surface area contributed by atoms with E-state index in [1.165, 1.54) is 35.9 Å². The average Bonchev–Trinajstić information content (AvgIpc) is 2.67. The van der Waals surface area contributed by atoms with E-state index in [0.29, 0.717) is 17.0 Å². The van der Waals surface area contributed by atoms with E-state index in [0.717, 1.165) is 0 Å². The molecule has 1 radical (unpaired) electrons. The SMILES string of the molecule is COc1ccc(C([N]N(C)c2cccc([N+](=O)[O-])c2)N(C(C)O)C(C)O)cc1. The summed E-state index contributed by atoms with van der Waals surface area (Å²) < 4.78 is 5.17. The predicted octanol–water partition coefficient (Wildman–Crippen LogP) is 2.24. The molecule has 2 aromatic carbocycles. The first-order chi connectivity index (χ1) is 13.2. The topological polar surface area (TPSA) is 113 Å². The van der Waals surface area contributed by atoms with Crippen molar-refractivity contribution in [1.82, 2.24) is 10.3 Å². The minimum absolute atomic E-state index is 0.0524. The highest BCUT2D eigenvalue weighted by Gasteiger charge is 2.30. The first-order valence-corrected chi connectivity index (χ1v) is 8.71. The van der Waals surface area contributed by atoms with Crippen molar-refractivity contribution in [2.45, 2.75) is 32.5 Å². The Morgan fingerprint density at radius 3 is 2.21 bits per heavy atom. The van der Waals surface area contributed by atoms with Crippen LogP contribution in [0.15, 0.2) is 48.5 Å². The summed E-state index contributed by atoms with van der Waals surface area (Å²) in [7, 11) is 3.21. The molecule has 2 rings (SSSR count). The second-order valence-electron chi connectivity index (χ2n) is 6.27. The number of rotatable bonds is 9. The van der Waals surface area contributed by atoms with Gasteiger partial charge in [-0.05, 0) is 37.6 Å². The fourth-order valence-corrected chi connectivity index (χ4v) is 2.83. The van der Waals surface area contributed by atoms with Gasteiger partial charge in [0.15, 0.2) is 0 Å². The fraction of sp³-hybridized carbons (Fsp3) is 0.368. The lowest BCUT2D eigenvalue weighted by Gasteiger charge is -2.37. The maximum absolute atomic E-state index is 11.0. The van der Waals surface area contributed by atoms with E-state index in [-0.39, 0.29) is 5.69 Å². The normalized spacial score (nSPS) is 14.4. The van der Waals surface area contributed by atoms with Crippen molar-refractivity contribution in [2.24, 2.45) is 0 Å². The van der Waals surface area contributed by atoms with E-state index < -0.39 is 23.5 Å². The van der Waals surface area contributed by atoms with Gasteiger partial charge in [-0.25, -0.2) is 4.90 Å². The van der Waals surface area contributed by atoms with E-state index in [2.05, 4.69) is 5.43 Å². The third-order valence-corrected chi connectivity index (χ3v) is 4.26. The molecule has 28 heavy (non-hydrogen) atoms. The van der Waals surface area contributed by atoms with Gasteiger partial charge >= 0.3 is 0 Å². The van der Waals surface area contributed by atoms with Crippen LogP contribution >= 0.6 is 0 Å². The number of methoxy groups -OCH3 is 1. The molecule has 0 aliphatic heterocycles. The van der Waals surface area contributed by atoms with E-state index in [1.807, 2.05) is 0 Å². The molecule has 151 valence electrons. The minimum Gasteiger partial charge on any atom is -0.497 e. The van der Waals surface area contributed by atoms with Crippen molar-refractivity contribution in [3.8, 4) is 5.75 Å². The zero-order chi connectivity index (χ0) is 20.8. The Kier molecular flexibility index (Phi) is 7.30. The van der Waals surface area contributed by atoms with Gasteiger partial charge in [-0.1, -0.05) is 18.2 Å². The lowest BCUT2D eigenvalue weighted by molar-refractivity contribution is -0.384. The zero-order valence-corrected chi connectivity index (χ0v) is 16.3. The van der Waals surface area contributed by atoms with Crippen LogP contribution in [0.3, 0.4) is 0 Å². The molecule has 0 bridgehead atoms. The zero-order valence-electron chi connectivity index (χ0n) is 16.3. The molecule has 0 saturated carbocycles. The molecule has 3 atom stereocenters. The number of aliphatic hydroxyl groups is 2. The number of nitrogens with zero attached hydrogens (tertiary/aromatic N) is 4. The van der Waals surface area contributed by atoms with Crippen LogP contribution in [0.25, 0.3) is 0 Å². The first kappa shape index (κ1) is 21.6. The number of aliphatic hydroxyl groups excluding tert-OH is 2. The molecule has 2 aromatic rings. The third-order valence-electron chi connectivity index (χ3n) is 4.26. The Balaban J connectivity index is 2.37. The Bertz CT molecular complexity index is 774. The molecule has 0 aliphatic rings. The summed E-state index contributed by atoms with van der Waals surface area (Å²) in [5, 5.41) is 32.9. The van der Waals surface area contributed by atoms with E-state index in [9.17, 15) is 20.3 Å². The summed E-state index contributed by atoms with van der Waals surface area (Å²) in [5.74, 6) is 0.662. The van der Waals surface area contributed by atoms with Crippen molar-refractivity contribution >= 4 is 11.4 Å². The number of hydrogen-bond acceptors (Lipinski definition) is 7. The molecule has 9 nitrogen and oxygen atoms in total. The summed E-state index contributed by atoms with van der Waals surface area (Å²) in [6.45, 7) is 3.07. The van der Waals surface area contributed by atoms with Gasteiger partial charge in [0.1, 0.15) is 24.4 Å². The van der Waals surface area contributed by atoms with Gasteiger partial charge in [0.05, 0.1) is 17.7 Å². The molecule has 0 aliphatic carbocycles. The Hall–Kier alpha value is -2.72. The second kappa shape index (κ2) is 9.47. The summed E-state index contributed by atoms with van der Waals surface area (Å²) >= 11 is 0. The summed E-state index contributed by atoms with van der Waals surface area (Å²) in [5.41, 5.74) is 5.75. The first-order valence-electron chi connectivity index (χ1n) is 8.71. The van der Waals surface area contributed by atoms with Crippen molar-refractivity contribution in [2.75, 3.05) is 19.2 Å². The van der Waals surface area contributed by atoms with Crippen LogP contribution in [0, 0.1) is 10.1 Å². The van der Waals surface area contributed by atoms with Gasteiger partial charge in [-0.3, -0.25) is 15.1 Å². The van der Waals surface area contributed by atoms with Crippen LogP contribution in [-0.4, -0.2) is 46.6 Å². The van der Waals surface area contributed by atoms with Gasteiger partial charge < -0.3 is 14.9 Å². The monoisotopic (exact) mass is 389 g/mol. The molecule has 0 heterocycles. The quantitative estimate of drug-likeness (QED) is 0.384. The van der Waals surface area contributed by atoms with Crippen molar-refractivity contribution in [1.29, 1.82) is 0 Å². The Labute approximate surface area is 163 Å². The lowest BCUT2D eigenvalue weighted by atomic mass is 10.1. The molecule has 3 unspecified atom stereocenters. The van der Waals surface area contributed by atoms with Crippen LogP contribution in [0.4, 0.5) is 11.4 Å². The molecular formula is C19H25N4O5. The Morgan fingerprint density at radius 1 is 1.11 bits per heavy atom. The predicted molar refractivity (Wildman–Crippen MR) is 105 cm³/mol. The Morgan fingerprint density at radius 2 is 1.71 bits per heavy atom. The molecule has 0 spiro atoms. The number of hydrogen-bond donors (Lipinski definition) is 2. The van der Waals surface area contributed by atoms with Crippen LogP contribution in [0.1, 0.15) is 25.6 Å². The van der Waals surface area contributed by atoms with Crippen molar-refractivity contribution in [3.05, 3.63) is 64.2 Å². The average molecular weight is 389 g/mol. The van der Waals surface area contributed by atoms with E-state index in [4.69, 9.17) is 4.74 Å². The van der Waals surface area contributed by atoms with E-state index >= 15 is 0 Å². The molecule has 0 fully saturated rings. The molecule has 2 N–H and O–H groups in total. The van der Waals surface area contributed by atoms with Gasteiger partial charge in [-0.15, -0.1) is 5.43 Å². The summed E-state index contributed by atoms with van der Waals surface area (Å²) in [4.78, 5) is 12.0. The number of non-ortho nitro benzene ring substituents is 1. The van der Waals surface area contributed by atoms with Gasteiger partial charge in [0, 0.05) is 19.2 Å². The molecule has 0 amide bonds. The lowest BCUT2D eigenvalue weighted by Crippen LogP contribution is -2.49. The van der Waals surface area contributed by atoms with Crippen LogP contribution in [-0.2, 0) is 0 Å². The standard InChI is InChI=1S/C19H25N4O5/c1-13(24)22(14(2)25)19(15-8-10-18(28-4)11-9-15)20-21(3)16-6-5-7-17(12-16)23(26)27/h5-14,19,24-25H,1-4H3. The summed E-state index contributed by atoms with van der Waals surface area (Å²) in [6.07, 6.45) is -2.72. The van der Waals surface area contributed by atoms with Crippen molar-refractivity contribution < 1.29 is 19.9 Å². The van der Waals surface area contributed by atoms with Gasteiger partial charge in [0.25, 0.3) is 5.69 Å². The smallest absolute Gasteiger partial charge is 0.271 e. The number of anilines is 1. The third kappa shape index (κ3) is 5.17. The molecule has 0 aromatic heterocycles. The largest absolute Gasteiger partial charge is 0.497 e. The second-order valence-corrected chi connectivity index (χ2v) is 6.27. The minimum atomic E-state index is -0.991. The molecular weight excluding hydrogens is 364 g/mol. The van der Waals surface area contributed by atoms with Gasteiger partial charge in [0.2, 0.25) is 0 Å². The fourth-order valence-electron chi connectivity index (χ4n) is 2.83. The van der Waals surface area contributed by atoms with Crippen LogP contribution in [0.5, 0.6) is 5.75 Å². The van der Waals surface area contributed by atoms with Crippen LogP contribution in [0.2, 0.25) is 0 Å². The maximum Gasteiger partial charge on any atom is 0.271 e. The number of benzene rings is 2. The maximum atomic E-state index is 11.0. The summed E-state index contributed by atoms with van der Waals surface area (Å²) in [6, 6.07) is 13.2. The van der Waals surface area contributed by atoms with Crippen LogP contribution < -0.4 is 15.2 Å². The molecule has 9 heteroatoms. The molecule has 0 saturated heterocycles. The van der Waals surface area contributed by atoms with Crippen molar-refractivity contribution in [3.63, 3.8) is 0 Å². The number of ether oxygens (including phenoxy) is 1. The highest BCUT2D eigenvalue weighted by atomic mass is 16.6.